The van der Waals surface area contributed by atoms with Gasteiger partial charge >= 0.3 is 6.03 Å². The molecule has 0 spiro atoms. The van der Waals surface area contributed by atoms with E-state index in [1.54, 1.807) is 13.8 Å². The summed E-state index contributed by atoms with van der Waals surface area (Å²) >= 11 is 0. The van der Waals surface area contributed by atoms with Crippen molar-refractivity contribution < 1.29 is 14.4 Å². The fourth-order valence-corrected chi connectivity index (χ4v) is 2.63. The highest BCUT2D eigenvalue weighted by Gasteiger charge is 2.51. The lowest BCUT2D eigenvalue weighted by Crippen LogP contribution is -2.63. The van der Waals surface area contributed by atoms with Crippen LogP contribution in [0, 0.1) is 12.3 Å². The zero-order chi connectivity index (χ0) is 15.6. The number of aryl methyl sites for hydroxylation is 1. The van der Waals surface area contributed by atoms with Crippen LogP contribution in [0.25, 0.3) is 0 Å². The first-order valence-corrected chi connectivity index (χ1v) is 7.17. The Hall–Kier alpha value is -2.17. The molecule has 112 valence electrons. The van der Waals surface area contributed by atoms with Crippen molar-refractivity contribution in [3.8, 4) is 0 Å². The monoisotopic (exact) mass is 288 g/mol. The third-order valence-corrected chi connectivity index (χ3v) is 4.22. The quantitative estimate of drug-likeness (QED) is 0.865. The van der Waals surface area contributed by atoms with Gasteiger partial charge in [-0.25, -0.2) is 4.79 Å². The molecule has 0 saturated carbocycles. The fraction of sp³-hybridized carbons (Fsp3) is 0.438. The summed E-state index contributed by atoms with van der Waals surface area (Å²) in [7, 11) is 0. The van der Waals surface area contributed by atoms with Crippen LogP contribution in [0.4, 0.5) is 4.79 Å². The Morgan fingerprint density at radius 1 is 1.05 bits per heavy atom. The number of benzene rings is 1. The maximum atomic E-state index is 12.6. The molecule has 0 aromatic heterocycles. The molecule has 1 N–H and O–H groups in total. The summed E-state index contributed by atoms with van der Waals surface area (Å²) in [6.07, 6.45) is 0.762. The van der Waals surface area contributed by atoms with E-state index in [4.69, 9.17) is 0 Å². The maximum Gasteiger partial charge on any atom is 0.331 e. The standard InChI is InChI=1S/C16H20N2O3/c1-4-16(5-2)13(19)17-15(21)18(14(16)20)10-12-8-6-11(3)7-9-12/h6-9H,4-5,10H2,1-3H3,(H,17,19,21). The largest absolute Gasteiger partial charge is 0.331 e. The zero-order valence-electron chi connectivity index (χ0n) is 12.6. The van der Waals surface area contributed by atoms with Crippen molar-refractivity contribution in [2.24, 2.45) is 5.41 Å². The van der Waals surface area contributed by atoms with Crippen molar-refractivity contribution in [3.05, 3.63) is 35.4 Å². The number of nitrogens with zero attached hydrogens (tertiary/aromatic N) is 1. The Labute approximate surface area is 124 Å². The fourth-order valence-electron chi connectivity index (χ4n) is 2.63. The van der Waals surface area contributed by atoms with Crippen molar-refractivity contribution in [1.29, 1.82) is 0 Å². The minimum atomic E-state index is -1.13. The summed E-state index contributed by atoms with van der Waals surface area (Å²) in [5.41, 5.74) is 0.845. The molecule has 1 aromatic carbocycles. The van der Waals surface area contributed by atoms with Crippen LogP contribution in [-0.4, -0.2) is 22.7 Å². The molecule has 2 rings (SSSR count). The summed E-state index contributed by atoms with van der Waals surface area (Å²) in [6.45, 7) is 5.74. The van der Waals surface area contributed by atoms with E-state index in [1.165, 1.54) is 0 Å². The second-order valence-corrected chi connectivity index (χ2v) is 5.43. The third-order valence-electron chi connectivity index (χ3n) is 4.22. The van der Waals surface area contributed by atoms with Crippen molar-refractivity contribution in [2.75, 3.05) is 0 Å². The van der Waals surface area contributed by atoms with Gasteiger partial charge in [0.25, 0.3) is 0 Å². The van der Waals surface area contributed by atoms with Crippen molar-refractivity contribution in [3.63, 3.8) is 0 Å². The Bertz CT molecular complexity index is 574. The molecular formula is C16H20N2O3. The van der Waals surface area contributed by atoms with Gasteiger partial charge < -0.3 is 0 Å². The van der Waals surface area contributed by atoms with Gasteiger partial charge in [0.05, 0.1) is 6.54 Å². The Kier molecular flexibility index (Phi) is 4.11. The molecule has 1 aliphatic rings. The molecule has 0 radical (unpaired) electrons. The normalized spacial score (nSPS) is 17.9. The van der Waals surface area contributed by atoms with Crippen LogP contribution in [0.2, 0.25) is 0 Å². The Morgan fingerprint density at radius 3 is 2.14 bits per heavy atom. The molecule has 5 heteroatoms. The number of nitrogens with one attached hydrogen (secondary N) is 1. The van der Waals surface area contributed by atoms with Gasteiger partial charge in [-0.2, -0.15) is 0 Å². The lowest BCUT2D eigenvalue weighted by Gasteiger charge is -2.38. The third kappa shape index (κ3) is 2.55. The van der Waals surface area contributed by atoms with Crippen LogP contribution >= 0.6 is 0 Å². The van der Waals surface area contributed by atoms with E-state index in [2.05, 4.69) is 5.32 Å². The molecule has 21 heavy (non-hydrogen) atoms. The van der Waals surface area contributed by atoms with Gasteiger partial charge in [-0.05, 0) is 25.3 Å². The number of amides is 4. The highest BCUT2D eigenvalue weighted by Crippen LogP contribution is 2.32. The number of urea groups is 1. The van der Waals surface area contributed by atoms with Crippen molar-refractivity contribution in [1.82, 2.24) is 10.2 Å². The maximum absolute atomic E-state index is 12.6. The number of barbiturate groups is 1. The van der Waals surface area contributed by atoms with Crippen LogP contribution in [0.3, 0.4) is 0 Å². The van der Waals surface area contributed by atoms with Gasteiger partial charge in [0.2, 0.25) is 11.8 Å². The molecule has 0 bridgehead atoms. The minimum absolute atomic E-state index is 0.181. The van der Waals surface area contributed by atoms with Gasteiger partial charge in [-0.15, -0.1) is 0 Å². The van der Waals surface area contributed by atoms with E-state index >= 15 is 0 Å². The van der Waals surface area contributed by atoms with Crippen LogP contribution in [0.5, 0.6) is 0 Å². The zero-order valence-corrected chi connectivity index (χ0v) is 12.6. The number of hydrogen-bond donors (Lipinski definition) is 1. The number of imide groups is 2. The van der Waals surface area contributed by atoms with Crippen molar-refractivity contribution >= 4 is 17.8 Å². The smallest absolute Gasteiger partial charge is 0.277 e. The average molecular weight is 288 g/mol. The lowest BCUT2D eigenvalue weighted by atomic mass is 9.78. The van der Waals surface area contributed by atoms with Crippen molar-refractivity contribution in [2.45, 2.75) is 40.2 Å². The van der Waals surface area contributed by atoms with Crippen LogP contribution < -0.4 is 5.32 Å². The Balaban J connectivity index is 2.29. The van der Waals surface area contributed by atoms with E-state index in [0.717, 1.165) is 16.0 Å². The van der Waals surface area contributed by atoms with Crippen LogP contribution in [0.15, 0.2) is 24.3 Å². The average Bonchev–Trinajstić information content (AvgIpc) is 2.47. The van der Waals surface area contributed by atoms with E-state index in [9.17, 15) is 14.4 Å². The van der Waals surface area contributed by atoms with E-state index in [1.807, 2.05) is 31.2 Å². The number of hydrogen-bond acceptors (Lipinski definition) is 3. The van der Waals surface area contributed by atoms with Gasteiger partial charge in [0.15, 0.2) is 0 Å². The molecular weight excluding hydrogens is 268 g/mol. The second-order valence-electron chi connectivity index (χ2n) is 5.43. The predicted molar refractivity (Wildman–Crippen MR) is 78.3 cm³/mol. The van der Waals surface area contributed by atoms with Gasteiger partial charge in [-0.3, -0.25) is 19.8 Å². The summed E-state index contributed by atoms with van der Waals surface area (Å²) in [6, 6.07) is 6.99. The summed E-state index contributed by atoms with van der Waals surface area (Å²) in [5, 5.41) is 2.31. The highest BCUT2D eigenvalue weighted by atomic mass is 16.2. The first-order chi connectivity index (χ1) is 9.94. The molecule has 0 aliphatic carbocycles. The van der Waals surface area contributed by atoms with E-state index in [-0.39, 0.29) is 6.54 Å². The first kappa shape index (κ1) is 15.2. The number of carbonyl (C=O) groups is 3. The Morgan fingerprint density at radius 2 is 1.62 bits per heavy atom. The molecule has 5 nitrogen and oxygen atoms in total. The number of carbonyl (C=O) groups excluding carboxylic acids is 3. The van der Waals surface area contributed by atoms with Crippen LogP contribution in [-0.2, 0) is 16.1 Å². The summed E-state index contributed by atoms with van der Waals surface area (Å²) in [4.78, 5) is 37.8. The van der Waals surface area contributed by atoms with E-state index in [0.29, 0.717) is 12.8 Å². The molecule has 1 aromatic rings. The SMILES string of the molecule is CCC1(CC)C(=O)NC(=O)N(Cc2ccc(C)cc2)C1=O. The molecule has 0 atom stereocenters. The summed E-state index contributed by atoms with van der Waals surface area (Å²) < 4.78 is 0. The van der Waals surface area contributed by atoms with Gasteiger partial charge in [-0.1, -0.05) is 43.7 Å². The molecule has 0 unspecified atom stereocenters. The topological polar surface area (TPSA) is 66.5 Å². The van der Waals surface area contributed by atoms with Gasteiger partial charge in [0.1, 0.15) is 5.41 Å². The molecule has 1 aliphatic heterocycles. The molecule has 1 saturated heterocycles. The van der Waals surface area contributed by atoms with Crippen LogP contribution in [0.1, 0.15) is 37.8 Å². The highest BCUT2D eigenvalue weighted by molar-refractivity contribution is 6.19. The minimum Gasteiger partial charge on any atom is -0.277 e. The molecule has 4 amide bonds. The molecule has 1 heterocycles. The summed E-state index contributed by atoms with van der Waals surface area (Å²) in [5.74, 6) is -0.885. The number of rotatable bonds is 4. The van der Waals surface area contributed by atoms with E-state index < -0.39 is 23.3 Å². The molecule has 1 fully saturated rings. The second kappa shape index (κ2) is 5.68. The van der Waals surface area contributed by atoms with Gasteiger partial charge in [0, 0.05) is 0 Å². The first-order valence-electron chi connectivity index (χ1n) is 7.17. The predicted octanol–water partition coefficient (Wildman–Crippen LogP) is 2.38. The lowest BCUT2D eigenvalue weighted by molar-refractivity contribution is -0.152.